The third-order valence-electron chi connectivity index (χ3n) is 5.19. The van der Waals surface area contributed by atoms with Crippen LogP contribution in [0.15, 0.2) is 38.7 Å². The second-order valence-electron chi connectivity index (χ2n) is 7.01. The minimum atomic E-state index is -0.0528. The quantitative estimate of drug-likeness (QED) is 0.302. The topological polar surface area (TPSA) is 70.2 Å². The Bertz CT molecular complexity index is 1270. The molecule has 8 heteroatoms. The van der Waals surface area contributed by atoms with Crippen molar-refractivity contribution in [2.24, 2.45) is 0 Å². The number of aryl methyl sites for hydroxylation is 4. The van der Waals surface area contributed by atoms with Gasteiger partial charge in [0.25, 0.3) is 5.56 Å². The van der Waals surface area contributed by atoms with Crippen molar-refractivity contribution in [1.29, 1.82) is 0 Å². The van der Waals surface area contributed by atoms with Gasteiger partial charge in [0, 0.05) is 22.3 Å². The van der Waals surface area contributed by atoms with E-state index in [1.54, 1.807) is 23.0 Å². The van der Waals surface area contributed by atoms with Gasteiger partial charge in [0.1, 0.15) is 16.3 Å². The molecule has 0 N–H and O–H groups in total. The predicted molar refractivity (Wildman–Crippen MR) is 121 cm³/mol. The molecule has 0 aliphatic carbocycles. The largest absolute Gasteiger partial charge is 0.497 e. The Kier molecular flexibility index (Phi) is 5.71. The summed E-state index contributed by atoms with van der Waals surface area (Å²) >= 11 is 3.11. The first-order valence-electron chi connectivity index (χ1n) is 9.68. The number of methoxy groups -OCH3 is 1. The van der Waals surface area contributed by atoms with Crippen LogP contribution in [0.2, 0.25) is 0 Å². The number of thioether (sulfide) groups is 1. The van der Waals surface area contributed by atoms with E-state index in [0.29, 0.717) is 22.0 Å². The molecule has 30 heavy (non-hydrogen) atoms. The normalized spacial score (nSPS) is 11.4. The van der Waals surface area contributed by atoms with Crippen molar-refractivity contribution in [3.63, 3.8) is 0 Å². The minimum absolute atomic E-state index is 0.0528. The molecule has 4 rings (SSSR count). The number of aromatic nitrogens is 3. The summed E-state index contributed by atoms with van der Waals surface area (Å²) in [5.41, 5.74) is 3.59. The zero-order valence-corrected chi connectivity index (χ0v) is 19.2. The van der Waals surface area contributed by atoms with Gasteiger partial charge in [0.15, 0.2) is 5.16 Å². The molecule has 0 spiro atoms. The number of fused-ring (bicyclic) bond motifs is 1. The molecule has 0 aliphatic rings. The summed E-state index contributed by atoms with van der Waals surface area (Å²) in [5, 5.41) is 5.37. The van der Waals surface area contributed by atoms with Crippen molar-refractivity contribution in [2.45, 2.75) is 45.0 Å². The maximum atomic E-state index is 13.6. The van der Waals surface area contributed by atoms with Crippen molar-refractivity contribution in [1.82, 2.24) is 14.7 Å². The number of rotatable bonds is 6. The fraction of sp³-hybridized carbons (Fsp3) is 0.318. The van der Waals surface area contributed by atoms with Gasteiger partial charge in [-0.05, 0) is 44.9 Å². The second kappa shape index (κ2) is 8.28. The maximum Gasteiger partial charge on any atom is 0.267 e. The zero-order chi connectivity index (χ0) is 21.4. The molecule has 1 aromatic carbocycles. The predicted octanol–water partition coefficient (Wildman–Crippen LogP) is 5.22. The number of nitrogens with zero attached hydrogens (tertiary/aromatic N) is 3. The lowest BCUT2D eigenvalue weighted by Crippen LogP contribution is -2.21. The van der Waals surface area contributed by atoms with Crippen LogP contribution in [-0.2, 0) is 12.2 Å². The van der Waals surface area contributed by atoms with Crippen molar-refractivity contribution in [3.8, 4) is 11.4 Å². The number of thiophene rings is 1. The zero-order valence-electron chi connectivity index (χ0n) is 17.6. The minimum Gasteiger partial charge on any atom is -0.497 e. The Morgan fingerprint density at radius 1 is 1.27 bits per heavy atom. The van der Waals surface area contributed by atoms with Crippen LogP contribution in [0, 0.1) is 20.8 Å². The van der Waals surface area contributed by atoms with Crippen LogP contribution in [0.25, 0.3) is 15.9 Å². The standard InChI is InChI=1S/C22H23N3O3S2/c1-6-18-12(2)19-20(30-18)23-22(29-11-17-13(3)24-28-14(17)4)25(21(19)26)15-8-7-9-16(10-15)27-5/h7-10H,6,11H2,1-5H3. The summed E-state index contributed by atoms with van der Waals surface area (Å²) in [7, 11) is 1.62. The molecule has 0 bridgehead atoms. The molecule has 0 radical (unpaired) electrons. The highest BCUT2D eigenvalue weighted by molar-refractivity contribution is 7.98. The van der Waals surface area contributed by atoms with Gasteiger partial charge in [-0.1, -0.05) is 29.9 Å². The molecule has 0 atom stereocenters. The van der Waals surface area contributed by atoms with Gasteiger partial charge in [0.2, 0.25) is 0 Å². The maximum absolute atomic E-state index is 13.6. The van der Waals surface area contributed by atoms with Gasteiger partial charge < -0.3 is 9.26 Å². The molecule has 0 fully saturated rings. The van der Waals surface area contributed by atoms with Gasteiger partial charge in [-0.3, -0.25) is 9.36 Å². The highest BCUT2D eigenvalue weighted by Crippen LogP contribution is 2.32. The van der Waals surface area contributed by atoms with Crippen molar-refractivity contribution in [3.05, 3.63) is 62.1 Å². The molecule has 0 saturated carbocycles. The fourth-order valence-electron chi connectivity index (χ4n) is 3.47. The van der Waals surface area contributed by atoms with Gasteiger partial charge >= 0.3 is 0 Å². The van der Waals surface area contributed by atoms with Crippen LogP contribution < -0.4 is 10.3 Å². The van der Waals surface area contributed by atoms with Crippen molar-refractivity contribution < 1.29 is 9.26 Å². The Labute approximate surface area is 182 Å². The lowest BCUT2D eigenvalue weighted by Gasteiger charge is -2.13. The smallest absolute Gasteiger partial charge is 0.267 e. The Balaban J connectivity index is 1.91. The summed E-state index contributed by atoms with van der Waals surface area (Å²) in [5.74, 6) is 2.10. The SMILES string of the molecule is CCc1sc2nc(SCc3c(C)noc3C)n(-c3cccc(OC)c3)c(=O)c2c1C. The van der Waals surface area contributed by atoms with Gasteiger partial charge in [-0.2, -0.15) is 0 Å². The van der Waals surface area contributed by atoms with E-state index in [9.17, 15) is 4.79 Å². The van der Waals surface area contributed by atoms with Gasteiger partial charge in [-0.15, -0.1) is 11.3 Å². The molecule has 0 amide bonds. The Morgan fingerprint density at radius 2 is 2.07 bits per heavy atom. The lowest BCUT2D eigenvalue weighted by atomic mass is 10.2. The molecule has 0 unspecified atom stereocenters. The molecule has 6 nitrogen and oxygen atoms in total. The van der Waals surface area contributed by atoms with Crippen LogP contribution in [-0.4, -0.2) is 21.8 Å². The second-order valence-corrected chi connectivity index (χ2v) is 9.04. The van der Waals surface area contributed by atoms with Crippen LogP contribution in [0.5, 0.6) is 5.75 Å². The van der Waals surface area contributed by atoms with E-state index in [0.717, 1.165) is 39.5 Å². The third kappa shape index (κ3) is 3.54. The van der Waals surface area contributed by atoms with Crippen LogP contribution in [0.1, 0.15) is 34.4 Å². The molecular weight excluding hydrogens is 418 g/mol. The van der Waals surface area contributed by atoms with Crippen molar-refractivity contribution >= 4 is 33.3 Å². The average molecular weight is 442 g/mol. The monoisotopic (exact) mass is 441 g/mol. The van der Waals surface area contributed by atoms with Crippen LogP contribution in [0.4, 0.5) is 0 Å². The number of benzene rings is 1. The molecular formula is C22H23N3O3S2. The number of hydrogen-bond acceptors (Lipinski definition) is 7. The van der Waals surface area contributed by atoms with Crippen LogP contribution >= 0.6 is 23.1 Å². The van der Waals surface area contributed by atoms with Gasteiger partial charge in [0.05, 0.1) is 23.9 Å². The van der Waals surface area contributed by atoms with E-state index < -0.39 is 0 Å². The Hall–Kier alpha value is -2.58. The van der Waals surface area contributed by atoms with E-state index in [2.05, 4.69) is 12.1 Å². The molecule has 156 valence electrons. The Morgan fingerprint density at radius 3 is 2.73 bits per heavy atom. The van der Waals surface area contributed by atoms with E-state index in [1.807, 2.05) is 45.0 Å². The van der Waals surface area contributed by atoms with E-state index in [4.69, 9.17) is 14.2 Å². The van der Waals surface area contributed by atoms with E-state index in [1.165, 1.54) is 16.6 Å². The number of hydrogen-bond donors (Lipinski definition) is 0. The highest BCUT2D eigenvalue weighted by atomic mass is 32.2. The summed E-state index contributed by atoms with van der Waals surface area (Å²) in [6.45, 7) is 7.94. The molecule has 3 aromatic heterocycles. The van der Waals surface area contributed by atoms with E-state index >= 15 is 0 Å². The fourth-order valence-corrected chi connectivity index (χ4v) is 5.79. The van der Waals surface area contributed by atoms with Crippen LogP contribution in [0.3, 0.4) is 0 Å². The first kappa shape index (κ1) is 20.7. The third-order valence-corrected chi connectivity index (χ3v) is 7.49. The van der Waals surface area contributed by atoms with E-state index in [-0.39, 0.29) is 5.56 Å². The highest BCUT2D eigenvalue weighted by Gasteiger charge is 2.20. The summed E-state index contributed by atoms with van der Waals surface area (Å²) in [6, 6.07) is 7.50. The first-order chi connectivity index (χ1) is 14.4. The summed E-state index contributed by atoms with van der Waals surface area (Å²) < 4.78 is 12.4. The number of ether oxygens (including phenoxy) is 1. The molecule has 0 saturated heterocycles. The van der Waals surface area contributed by atoms with Gasteiger partial charge in [-0.25, -0.2) is 4.98 Å². The summed E-state index contributed by atoms with van der Waals surface area (Å²) in [4.78, 5) is 20.5. The molecule has 4 aromatic rings. The van der Waals surface area contributed by atoms with Crippen molar-refractivity contribution in [2.75, 3.05) is 7.11 Å². The lowest BCUT2D eigenvalue weighted by molar-refractivity contribution is 0.392. The molecule has 3 heterocycles. The average Bonchev–Trinajstić information content (AvgIpc) is 3.24. The first-order valence-corrected chi connectivity index (χ1v) is 11.5. The molecule has 0 aliphatic heterocycles. The summed E-state index contributed by atoms with van der Waals surface area (Å²) in [6.07, 6.45) is 0.882.